The Morgan fingerprint density at radius 3 is 2.68 bits per heavy atom. The van der Waals surface area contributed by atoms with Crippen LogP contribution in [0.5, 0.6) is 5.75 Å². The normalized spacial score (nSPS) is 21.2. The highest BCUT2D eigenvalue weighted by Gasteiger charge is 2.26. The molecule has 168 valence electrons. The van der Waals surface area contributed by atoms with Crippen molar-refractivity contribution in [2.75, 3.05) is 60.0 Å². The van der Waals surface area contributed by atoms with Gasteiger partial charge in [0.2, 0.25) is 0 Å². The molecule has 0 spiro atoms. The van der Waals surface area contributed by atoms with Crippen LogP contribution in [0, 0.1) is 6.92 Å². The number of nitrogens with one attached hydrogen (secondary N) is 2. The molecule has 0 radical (unpaired) electrons. The molecular formula is C23H33N5O2S. The number of amides is 1. The van der Waals surface area contributed by atoms with Gasteiger partial charge in [-0.05, 0) is 44.6 Å². The van der Waals surface area contributed by atoms with Gasteiger partial charge in [0.1, 0.15) is 10.6 Å². The lowest BCUT2D eigenvalue weighted by Gasteiger charge is -2.35. The summed E-state index contributed by atoms with van der Waals surface area (Å²) in [4.78, 5) is 23.5. The van der Waals surface area contributed by atoms with E-state index in [0.29, 0.717) is 5.92 Å². The van der Waals surface area contributed by atoms with Crippen molar-refractivity contribution in [1.29, 1.82) is 0 Å². The second-order valence-corrected chi connectivity index (χ2v) is 9.59. The van der Waals surface area contributed by atoms with Gasteiger partial charge in [-0.25, -0.2) is 4.98 Å². The lowest BCUT2D eigenvalue weighted by Crippen LogP contribution is -2.47. The first kappa shape index (κ1) is 22.2. The topological polar surface area (TPSA) is 69.7 Å². The molecule has 2 atom stereocenters. The van der Waals surface area contributed by atoms with Crippen LogP contribution in [0.3, 0.4) is 0 Å². The number of carbonyl (C=O) groups is 1. The number of carbonyl (C=O) groups excluding carboxylic acids is 1. The number of piperazine rings is 1. The summed E-state index contributed by atoms with van der Waals surface area (Å²) in [6.45, 7) is 8.84. The van der Waals surface area contributed by atoms with Crippen molar-refractivity contribution < 1.29 is 9.53 Å². The first-order valence-corrected chi connectivity index (χ1v) is 11.9. The Bertz CT molecular complexity index is 871. The molecule has 2 aromatic rings. The largest absolute Gasteiger partial charge is 0.497 e. The van der Waals surface area contributed by atoms with E-state index in [-0.39, 0.29) is 11.9 Å². The van der Waals surface area contributed by atoms with E-state index < -0.39 is 0 Å². The summed E-state index contributed by atoms with van der Waals surface area (Å²) >= 11 is 1.55. The zero-order chi connectivity index (χ0) is 21.8. The van der Waals surface area contributed by atoms with Gasteiger partial charge in [-0.1, -0.05) is 12.1 Å². The van der Waals surface area contributed by atoms with Crippen LogP contribution in [-0.2, 0) is 0 Å². The molecule has 4 rings (SSSR count). The Labute approximate surface area is 188 Å². The molecular weight excluding hydrogens is 410 g/mol. The van der Waals surface area contributed by atoms with E-state index in [0.717, 1.165) is 79.1 Å². The first-order chi connectivity index (χ1) is 15.0. The van der Waals surface area contributed by atoms with Crippen molar-refractivity contribution in [3.63, 3.8) is 0 Å². The summed E-state index contributed by atoms with van der Waals surface area (Å²) in [5, 5.41) is 7.77. The molecule has 0 saturated carbocycles. The minimum absolute atomic E-state index is 0.0258. The maximum Gasteiger partial charge on any atom is 0.263 e. The number of likely N-dealkylation sites (N-methyl/N-ethyl adjacent to an activating group) is 1. The average molecular weight is 444 g/mol. The molecule has 8 heteroatoms. The van der Waals surface area contributed by atoms with Gasteiger partial charge in [-0.15, -0.1) is 11.3 Å². The Hall–Kier alpha value is -2.00. The molecule has 0 aliphatic carbocycles. The molecule has 2 aliphatic heterocycles. The highest BCUT2D eigenvalue weighted by Crippen LogP contribution is 2.29. The van der Waals surface area contributed by atoms with E-state index in [9.17, 15) is 4.79 Å². The molecule has 2 fully saturated rings. The van der Waals surface area contributed by atoms with Gasteiger partial charge < -0.3 is 20.3 Å². The van der Waals surface area contributed by atoms with Gasteiger partial charge in [0.25, 0.3) is 5.91 Å². The lowest BCUT2D eigenvalue weighted by atomic mass is 10.1. The van der Waals surface area contributed by atoms with Crippen molar-refractivity contribution in [3.05, 3.63) is 45.4 Å². The smallest absolute Gasteiger partial charge is 0.263 e. The number of methoxy groups -OCH3 is 1. The number of rotatable bonds is 7. The fourth-order valence-electron chi connectivity index (χ4n) is 4.25. The maximum atomic E-state index is 13.3. The zero-order valence-corrected chi connectivity index (χ0v) is 19.5. The molecule has 31 heavy (non-hydrogen) atoms. The van der Waals surface area contributed by atoms with Crippen molar-refractivity contribution in [2.45, 2.75) is 25.3 Å². The van der Waals surface area contributed by atoms with Crippen molar-refractivity contribution in [1.82, 2.24) is 25.4 Å². The standard InChI is InChI=1S/C23H33N5O2S/c1-16-21(31-23(25-16)18-8-9-24-14-18)22(29)26-20(15-28-12-10-27(2)11-13-28)17-4-6-19(30-3)7-5-17/h4-7,18,20,24H,8-15H2,1-3H3,(H,26,29). The summed E-state index contributed by atoms with van der Waals surface area (Å²) in [7, 11) is 3.83. The second-order valence-electron chi connectivity index (χ2n) is 8.56. The van der Waals surface area contributed by atoms with Crippen LogP contribution < -0.4 is 15.4 Å². The molecule has 2 saturated heterocycles. The van der Waals surface area contributed by atoms with Gasteiger partial charge >= 0.3 is 0 Å². The quantitative estimate of drug-likeness (QED) is 0.684. The van der Waals surface area contributed by atoms with Crippen LogP contribution in [0.4, 0.5) is 0 Å². The third-order valence-electron chi connectivity index (χ3n) is 6.29. The van der Waals surface area contributed by atoms with E-state index in [4.69, 9.17) is 9.72 Å². The first-order valence-electron chi connectivity index (χ1n) is 11.1. The predicted molar refractivity (Wildman–Crippen MR) is 124 cm³/mol. The number of nitrogens with zero attached hydrogens (tertiary/aromatic N) is 3. The number of benzene rings is 1. The minimum Gasteiger partial charge on any atom is -0.497 e. The van der Waals surface area contributed by atoms with Crippen LogP contribution in [0.1, 0.15) is 44.3 Å². The van der Waals surface area contributed by atoms with Gasteiger partial charge in [-0.2, -0.15) is 0 Å². The number of aryl methyl sites for hydroxylation is 1. The summed E-state index contributed by atoms with van der Waals surface area (Å²) in [5.41, 5.74) is 1.92. The van der Waals surface area contributed by atoms with E-state index in [2.05, 4.69) is 39.6 Å². The number of hydrogen-bond donors (Lipinski definition) is 2. The van der Waals surface area contributed by atoms with Crippen LogP contribution in [0.15, 0.2) is 24.3 Å². The van der Waals surface area contributed by atoms with Gasteiger partial charge in [0.15, 0.2) is 0 Å². The molecule has 1 aromatic heterocycles. The average Bonchev–Trinajstić information content (AvgIpc) is 3.44. The Morgan fingerprint density at radius 1 is 1.29 bits per heavy atom. The summed E-state index contributed by atoms with van der Waals surface area (Å²) < 4.78 is 5.31. The number of hydrogen-bond acceptors (Lipinski definition) is 7. The molecule has 2 N–H and O–H groups in total. The van der Waals surface area contributed by atoms with Crippen molar-refractivity contribution >= 4 is 17.2 Å². The van der Waals surface area contributed by atoms with Gasteiger partial charge in [-0.3, -0.25) is 9.69 Å². The number of ether oxygens (including phenoxy) is 1. The van der Waals surface area contributed by atoms with Crippen molar-refractivity contribution in [2.24, 2.45) is 0 Å². The van der Waals surface area contributed by atoms with E-state index in [1.165, 1.54) is 0 Å². The molecule has 1 amide bonds. The Balaban J connectivity index is 1.51. The lowest BCUT2D eigenvalue weighted by molar-refractivity contribution is 0.0910. The van der Waals surface area contributed by atoms with E-state index in [1.807, 2.05) is 19.1 Å². The molecule has 2 unspecified atom stereocenters. The predicted octanol–water partition coefficient (Wildman–Crippen LogP) is 2.26. The minimum atomic E-state index is -0.0834. The van der Waals surface area contributed by atoms with E-state index in [1.54, 1.807) is 18.4 Å². The van der Waals surface area contributed by atoms with Crippen molar-refractivity contribution in [3.8, 4) is 5.75 Å². The van der Waals surface area contributed by atoms with Gasteiger partial charge in [0, 0.05) is 45.2 Å². The fourth-order valence-corrected chi connectivity index (χ4v) is 5.36. The third-order valence-corrected chi connectivity index (χ3v) is 7.61. The summed E-state index contributed by atoms with van der Waals surface area (Å²) in [6.07, 6.45) is 1.09. The number of aromatic nitrogens is 1. The zero-order valence-electron chi connectivity index (χ0n) is 18.7. The highest BCUT2D eigenvalue weighted by molar-refractivity contribution is 7.13. The summed E-state index contributed by atoms with van der Waals surface area (Å²) in [6, 6.07) is 7.94. The highest BCUT2D eigenvalue weighted by atomic mass is 32.1. The van der Waals surface area contributed by atoms with Gasteiger partial charge in [0.05, 0.1) is 23.9 Å². The van der Waals surface area contributed by atoms with E-state index >= 15 is 0 Å². The molecule has 7 nitrogen and oxygen atoms in total. The molecule has 0 bridgehead atoms. The van der Waals surface area contributed by atoms with Crippen LogP contribution in [0.25, 0.3) is 0 Å². The fraction of sp³-hybridized carbons (Fsp3) is 0.565. The Kier molecular flexibility index (Phi) is 7.22. The third kappa shape index (κ3) is 5.44. The second kappa shape index (κ2) is 10.1. The number of thiazole rings is 1. The molecule has 1 aromatic carbocycles. The SMILES string of the molecule is COc1ccc(C(CN2CCN(C)CC2)NC(=O)c2sc(C3CCNC3)nc2C)cc1. The molecule has 3 heterocycles. The monoisotopic (exact) mass is 443 g/mol. The summed E-state index contributed by atoms with van der Waals surface area (Å²) in [5.74, 6) is 1.22. The van der Waals surface area contributed by atoms with Crippen LogP contribution in [0.2, 0.25) is 0 Å². The van der Waals surface area contributed by atoms with Crippen LogP contribution in [-0.4, -0.2) is 80.7 Å². The van der Waals surface area contributed by atoms with Crippen LogP contribution >= 0.6 is 11.3 Å². The molecule has 2 aliphatic rings. The maximum absolute atomic E-state index is 13.3. The Morgan fingerprint density at radius 2 is 2.03 bits per heavy atom.